The molecule has 2 atom stereocenters. The van der Waals surface area contributed by atoms with Crippen LogP contribution < -0.4 is 15.8 Å². The Bertz CT molecular complexity index is 458. The van der Waals surface area contributed by atoms with Crippen molar-refractivity contribution in [3.8, 4) is 5.75 Å². The van der Waals surface area contributed by atoms with E-state index < -0.39 is 5.41 Å². The molecule has 1 aromatic rings. The zero-order valence-electron chi connectivity index (χ0n) is 8.41. The van der Waals surface area contributed by atoms with Crippen LogP contribution in [0.2, 0.25) is 0 Å². The van der Waals surface area contributed by atoms with E-state index in [0.717, 1.165) is 23.4 Å². The minimum absolute atomic E-state index is 0.0262. The van der Waals surface area contributed by atoms with Crippen LogP contribution in [0.15, 0.2) is 18.2 Å². The molecule has 3 rings (SSSR count). The Balaban J connectivity index is 2.12. The SMILES string of the molecule is COc1ccc2c(c1)NC(=O)C21CC1N. The zero-order valence-corrected chi connectivity index (χ0v) is 8.41. The molecule has 0 radical (unpaired) electrons. The number of rotatable bonds is 1. The number of hydrogen-bond acceptors (Lipinski definition) is 3. The fraction of sp³-hybridized carbons (Fsp3) is 0.364. The summed E-state index contributed by atoms with van der Waals surface area (Å²) in [4.78, 5) is 11.8. The van der Waals surface area contributed by atoms with Crippen LogP contribution in [0, 0.1) is 0 Å². The molecule has 0 saturated heterocycles. The summed E-state index contributed by atoms with van der Waals surface area (Å²) in [5.74, 6) is 0.776. The van der Waals surface area contributed by atoms with Gasteiger partial charge in [0.1, 0.15) is 5.75 Å². The zero-order chi connectivity index (χ0) is 10.6. The maximum Gasteiger partial charge on any atom is 0.236 e. The molecule has 1 aromatic carbocycles. The summed E-state index contributed by atoms with van der Waals surface area (Å²) in [6.07, 6.45) is 0.748. The third-order valence-electron chi connectivity index (χ3n) is 3.38. The molecule has 4 nitrogen and oxygen atoms in total. The minimum Gasteiger partial charge on any atom is -0.497 e. The van der Waals surface area contributed by atoms with Gasteiger partial charge < -0.3 is 15.8 Å². The normalized spacial score (nSPS) is 31.3. The van der Waals surface area contributed by atoms with E-state index in [1.165, 1.54) is 0 Å². The Morgan fingerprint density at radius 1 is 1.60 bits per heavy atom. The summed E-state index contributed by atoms with van der Waals surface area (Å²) in [5, 5.41) is 2.86. The largest absolute Gasteiger partial charge is 0.497 e. The number of fused-ring (bicyclic) bond motifs is 2. The average molecular weight is 204 g/mol. The number of hydrogen-bond donors (Lipinski definition) is 2. The summed E-state index contributed by atoms with van der Waals surface area (Å²) in [6.45, 7) is 0. The monoisotopic (exact) mass is 204 g/mol. The summed E-state index contributed by atoms with van der Waals surface area (Å²) in [7, 11) is 1.61. The fourth-order valence-electron chi connectivity index (χ4n) is 2.36. The van der Waals surface area contributed by atoms with Gasteiger partial charge in [-0.2, -0.15) is 0 Å². The Morgan fingerprint density at radius 3 is 2.93 bits per heavy atom. The number of carbonyl (C=O) groups excluding carboxylic acids is 1. The first-order valence-electron chi connectivity index (χ1n) is 4.94. The van der Waals surface area contributed by atoms with Crippen molar-refractivity contribution in [2.75, 3.05) is 12.4 Å². The van der Waals surface area contributed by atoms with Gasteiger partial charge in [0.25, 0.3) is 0 Å². The molecule has 2 unspecified atom stereocenters. The minimum atomic E-state index is -0.443. The quantitative estimate of drug-likeness (QED) is 0.704. The number of nitrogens with two attached hydrogens (primary N) is 1. The van der Waals surface area contributed by atoms with Gasteiger partial charge in [-0.25, -0.2) is 0 Å². The first-order chi connectivity index (χ1) is 7.18. The van der Waals surface area contributed by atoms with E-state index in [4.69, 9.17) is 10.5 Å². The molecule has 0 bridgehead atoms. The molecule has 0 aromatic heterocycles. The molecule has 3 N–H and O–H groups in total. The Labute approximate surface area is 87.4 Å². The topological polar surface area (TPSA) is 64.3 Å². The highest BCUT2D eigenvalue weighted by atomic mass is 16.5. The Kier molecular flexibility index (Phi) is 1.47. The second-order valence-corrected chi connectivity index (χ2v) is 4.15. The first-order valence-corrected chi connectivity index (χ1v) is 4.94. The summed E-state index contributed by atoms with van der Waals surface area (Å²) in [6, 6.07) is 5.60. The van der Waals surface area contributed by atoms with Crippen LogP contribution in [0.3, 0.4) is 0 Å². The number of benzene rings is 1. The van der Waals surface area contributed by atoms with Crippen molar-refractivity contribution in [1.29, 1.82) is 0 Å². The first kappa shape index (κ1) is 8.73. The van der Waals surface area contributed by atoms with E-state index in [1.54, 1.807) is 7.11 Å². The van der Waals surface area contributed by atoms with Gasteiger partial charge in [-0.05, 0) is 18.1 Å². The van der Waals surface area contributed by atoms with Crippen molar-refractivity contribution in [3.63, 3.8) is 0 Å². The number of anilines is 1. The molecule has 1 fully saturated rings. The molecule has 1 saturated carbocycles. The lowest BCUT2D eigenvalue weighted by Gasteiger charge is -2.06. The molecule has 78 valence electrons. The van der Waals surface area contributed by atoms with Gasteiger partial charge in [0.05, 0.1) is 12.5 Å². The predicted octanol–water partition coefficient (Wildman–Crippen LogP) is 0.616. The summed E-state index contributed by atoms with van der Waals surface area (Å²) >= 11 is 0. The van der Waals surface area contributed by atoms with E-state index in [-0.39, 0.29) is 11.9 Å². The molecule has 1 aliphatic heterocycles. The highest BCUT2D eigenvalue weighted by Gasteiger charge is 2.63. The lowest BCUT2D eigenvalue weighted by molar-refractivity contribution is -0.118. The molecule has 15 heavy (non-hydrogen) atoms. The fourth-order valence-corrected chi connectivity index (χ4v) is 2.36. The highest BCUT2D eigenvalue weighted by molar-refractivity contribution is 6.09. The maximum absolute atomic E-state index is 11.8. The van der Waals surface area contributed by atoms with E-state index in [2.05, 4.69) is 5.32 Å². The number of amides is 1. The van der Waals surface area contributed by atoms with Crippen molar-refractivity contribution in [2.24, 2.45) is 5.73 Å². The van der Waals surface area contributed by atoms with Crippen LogP contribution in [0.1, 0.15) is 12.0 Å². The van der Waals surface area contributed by atoms with Gasteiger partial charge in [0.2, 0.25) is 5.91 Å². The average Bonchev–Trinajstić information content (AvgIpc) is 2.82. The second-order valence-electron chi connectivity index (χ2n) is 4.15. The van der Waals surface area contributed by atoms with Crippen molar-refractivity contribution in [1.82, 2.24) is 0 Å². The van der Waals surface area contributed by atoms with Crippen LogP contribution in [-0.4, -0.2) is 19.1 Å². The smallest absolute Gasteiger partial charge is 0.236 e. The third kappa shape index (κ3) is 0.920. The van der Waals surface area contributed by atoms with Crippen LogP contribution >= 0.6 is 0 Å². The van der Waals surface area contributed by atoms with Gasteiger partial charge in [-0.1, -0.05) is 6.07 Å². The van der Waals surface area contributed by atoms with E-state index in [9.17, 15) is 4.79 Å². The van der Waals surface area contributed by atoms with Crippen molar-refractivity contribution >= 4 is 11.6 Å². The number of nitrogens with one attached hydrogen (secondary N) is 1. The van der Waals surface area contributed by atoms with Gasteiger partial charge in [0.15, 0.2) is 0 Å². The number of carbonyl (C=O) groups is 1. The van der Waals surface area contributed by atoms with Crippen LogP contribution in [-0.2, 0) is 10.2 Å². The van der Waals surface area contributed by atoms with Gasteiger partial charge >= 0.3 is 0 Å². The maximum atomic E-state index is 11.8. The summed E-state index contributed by atoms with van der Waals surface area (Å²) in [5.41, 5.74) is 7.26. The molecular formula is C11H12N2O2. The van der Waals surface area contributed by atoms with Crippen molar-refractivity contribution < 1.29 is 9.53 Å². The van der Waals surface area contributed by atoms with E-state index in [1.807, 2.05) is 18.2 Å². The highest BCUT2D eigenvalue weighted by Crippen LogP contribution is 2.54. The van der Waals surface area contributed by atoms with E-state index >= 15 is 0 Å². The van der Waals surface area contributed by atoms with Crippen molar-refractivity contribution in [2.45, 2.75) is 17.9 Å². The molecule has 4 heteroatoms. The standard InChI is InChI=1S/C11H12N2O2/c1-15-6-2-3-7-8(4-6)13-10(14)11(7)5-9(11)12/h2-4,9H,5,12H2,1H3,(H,13,14). The number of methoxy groups -OCH3 is 1. The lowest BCUT2D eigenvalue weighted by atomic mass is 9.97. The Morgan fingerprint density at radius 2 is 2.33 bits per heavy atom. The summed E-state index contributed by atoms with van der Waals surface area (Å²) < 4.78 is 5.11. The van der Waals surface area contributed by atoms with Gasteiger partial charge in [-0.15, -0.1) is 0 Å². The molecule has 1 amide bonds. The lowest BCUT2D eigenvalue weighted by Crippen LogP contribution is -2.26. The van der Waals surface area contributed by atoms with Crippen molar-refractivity contribution in [3.05, 3.63) is 23.8 Å². The van der Waals surface area contributed by atoms with Crippen LogP contribution in [0.25, 0.3) is 0 Å². The predicted molar refractivity (Wildman–Crippen MR) is 55.9 cm³/mol. The molecule has 2 aliphatic rings. The van der Waals surface area contributed by atoms with E-state index in [0.29, 0.717) is 0 Å². The molecule has 1 heterocycles. The third-order valence-corrected chi connectivity index (χ3v) is 3.38. The van der Waals surface area contributed by atoms with Gasteiger partial charge in [0, 0.05) is 17.8 Å². The number of ether oxygens (including phenoxy) is 1. The van der Waals surface area contributed by atoms with Gasteiger partial charge in [-0.3, -0.25) is 4.79 Å². The van der Waals surface area contributed by atoms with Crippen LogP contribution in [0.5, 0.6) is 5.75 Å². The molecular weight excluding hydrogens is 192 g/mol. The molecule has 1 aliphatic carbocycles. The Hall–Kier alpha value is -1.55. The molecule has 1 spiro atoms. The van der Waals surface area contributed by atoms with Crippen LogP contribution in [0.4, 0.5) is 5.69 Å². The second kappa shape index (κ2) is 2.52.